The van der Waals surface area contributed by atoms with Gasteiger partial charge in [0.15, 0.2) is 0 Å². The molecule has 0 spiro atoms. The van der Waals surface area contributed by atoms with Crippen LogP contribution in [0.1, 0.15) is 63.8 Å². The lowest BCUT2D eigenvalue weighted by molar-refractivity contribution is -0.0114. The van der Waals surface area contributed by atoms with Crippen molar-refractivity contribution in [1.82, 2.24) is 4.31 Å². The van der Waals surface area contributed by atoms with Gasteiger partial charge in [-0.2, -0.15) is 4.31 Å². The van der Waals surface area contributed by atoms with Gasteiger partial charge in [-0.3, -0.25) is 0 Å². The fraction of sp³-hybridized carbons (Fsp3) is 1.00. The maximum atomic E-state index is 11.6. The number of nitrogens with zero attached hydrogens (tertiary/aromatic N) is 1. The Hall–Kier alpha value is -0.130. The molecule has 4 nitrogen and oxygen atoms in total. The predicted octanol–water partition coefficient (Wildman–Crippen LogP) is 3.77. The molecule has 0 saturated carbocycles. The van der Waals surface area contributed by atoms with Crippen molar-refractivity contribution in [2.24, 2.45) is 0 Å². The Morgan fingerprint density at radius 3 is 1.53 bits per heavy atom. The first-order chi connectivity index (χ1) is 6.84. The molecule has 0 bridgehead atoms. The molecule has 0 aromatic carbocycles. The Kier molecular flexibility index (Phi) is 12.8. The molecule has 0 aliphatic rings. The minimum absolute atomic E-state index is 0. The highest BCUT2D eigenvalue weighted by molar-refractivity contribution is 7.88. The molecule has 0 fully saturated rings. The van der Waals surface area contributed by atoms with Crippen LogP contribution in [-0.4, -0.2) is 43.3 Å². The third-order valence-electron chi connectivity index (χ3n) is 1.98. The topological polar surface area (TPSA) is 46.6 Å². The van der Waals surface area contributed by atoms with Crippen molar-refractivity contribution >= 4 is 10.0 Å². The zero-order valence-electron chi connectivity index (χ0n) is 11.5. The van der Waals surface area contributed by atoms with Gasteiger partial charge in [-0.05, 0) is 41.5 Å². The third kappa shape index (κ3) is 12.6. The highest BCUT2D eigenvalue weighted by atomic mass is 32.2. The monoisotopic (exact) mass is 299 g/mol. The van der Waals surface area contributed by atoms with Crippen LogP contribution in [0.2, 0.25) is 0 Å². The molecule has 0 saturated heterocycles. The van der Waals surface area contributed by atoms with E-state index in [2.05, 4.69) is 0 Å². The summed E-state index contributed by atoms with van der Waals surface area (Å²) < 4.78 is 30.2. The highest BCUT2D eigenvalue weighted by Crippen LogP contribution is 2.17. The fourth-order valence-electron chi connectivity index (χ4n) is 1.43. The predicted molar refractivity (Wildman–Crippen MR) is 87.2 cm³/mol. The van der Waals surface area contributed by atoms with E-state index in [4.69, 9.17) is 4.74 Å². The first-order valence-electron chi connectivity index (χ1n) is 5.46. The van der Waals surface area contributed by atoms with Crippen LogP contribution in [0.3, 0.4) is 0 Å². The van der Waals surface area contributed by atoms with Gasteiger partial charge >= 0.3 is 0 Å². The van der Waals surface area contributed by atoms with Crippen LogP contribution in [0, 0.1) is 0 Å². The van der Waals surface area contributed by atoms with Crippen LogP contribution in [0.5, 0.6) is 0 Å². The average molecular weight is 300 g/mol. The van der Waals surface area contributed by atoms with E-state index >= 15 is 0 Å². The van der Waals surface area contributed by atoms with Gasteiger partial charge in [0.1, 0.15) is 0 Å². The summed E-state index contributed by atoms with van der Waals surface area (Å²) in [6.45, 7) is 12.3. The molecule has 0 amide bonds. The quantitative estimate of drug-likeness (QED) is 0.794. The summed E-state index contributed by atoms with van der Waals surface area (Å²) in [6.07, 6.45) is 1.23. The lowest BCUT2D eigenvalue weighted by atomic mass is 10.1. The Bertz CT molecular complexity index is 311. The van der Waals surface area contributed by atoms with Gasteiger partial charge in [-0.15, -0.1) is 0 Å². The second kappa shape index (κ2) is 8.93. The summed E-state index contributed by atoms with van der Waals surface area (Å²) in [5.41, 5.74) is -0.643. The van der Waals surface area contributed by atoms with E-state index in [1.54, 1.807) is 0 Å². The second-order valence-electron chi connectivity index (χ2n) is 5.97. The molecule has 0 aliphatic heterocycles. The molecule has 122 valence electrons. The van der Waals surface area contributed by atoms with Crippen LogP contribution in [0.25, 0.3) is 0 Å². The fourth-order valence-corrected chi connectivity index (χ4v) is 2.83. The molecule has 0 aromatic heterocycles. The van der Waals surface area contributed by atoms with Gasteiger partial charge in [0.05, 0.1) is 18.5 Å². The van der Waals surface area contributed by atoms with Crippen LogP contribution in [0.15, 0.2) is 0 Å². The lowest BCUT2D eigenvalue weighted by Gasteiger charge is -2.34. The first-order valence-corrected chi connectivity index (χ1v) is 7.31. The van der Waals surface area contributed by atoms with Gasteiger partial charge in [-0.1, -0.05) is 22.3 Å². The van der Waals surface area contributed by atoms with Crippen molar-refractivity contribution in [2.45, 2.75) is 75.0 Å². The van der Waals surface area contributed by atoms with E-state index in [9.17, 15) is 8.42 Å². The molecule has 0 aromatic rings. The Labute approximate surface area is 122 Å². The van der Waals surface area contributed by atoms with Crippen LogP contribution in [0.4, 0.5) is 0 Å². The molecule has 0 rings (SSSR count). The summed E-state index contributed by atoms with van der Waals surface area (Å²) in [4.78, 5) is 0. The van der Waals surface area contributed by atoms with Crippen molar-refractivity contribution in [3.63, 3.8) is 0 Å². The Balaban J connectivity index is -0.000000375. The third-order valence-corrected chi connectivity index (χ3v) is 3.51. The number of ether oxygens (including phenoxy) is 1. The summed E-state index contributed by atoms with van der Waals surface area (Å²) in [6, 6.07) is 0. The average Bonchev–Trinajstić information content (AvgIpc) is 1.90. The van der Waals surface area contributed by atoms with Crippen molar-refractivity contribution in [3.8, 4) is 0 Å². The van der Waals surface area contributed by atoms with E-state index in [1.165, 1.54) is 10.6 Å². The van der Waals surface area contributed by atoms with Gasteiger partial charge in [0.2, 0.25) is 10.0 Å². The molecule has 0 heterocycles. The molecule has 0 aliphatic carbocycles. The standard InChI is InChI=1S/C11H25NO3S.3CH4/c1-10(2,3)12(16(7,13)14)8-9-15-11(4,5)6;;;/h8-9H2,1-7H3;3*1H4. The summed E-state index contributed by atoms with van der Waals surface area (Å²) in [7, 11) is -3.19. The molecule has 19 heavy (non-hydrogen) atoms. The van der Waals surface area contributed by atoms with Crippen LogP contribution >= 0.6 is 0 Å². The zero-order chi connectivity index (χ0) is 13.2. The second-order valence-corrected chi connectivity index (χ2v) is 7.87. The number of rotatable bonds is 4. The molecule has 0 atom stereocenters. The summed E-state index contributed by atoms with van der Waals surface area (Å²) in [5.74, 6) is 0. The van der Waals surface area contributed by atoms with Gasteiger partial charge < -0.3 is 4.74 Å². The van der Waals surface area contributed by atoms with Crippen molar-refractivity contribution in [2.75, 3.05) is 19.4 Å². The Morgan fingerprint density at radius 2 is 1.32 bits per heavy atom. The van der Waals surface area contributed by atoms with Crippen molar-refractivity contribution < 1.29 is 13.2 Å². The summed E-state index contributed by atoms with van der Waals surface area (Å²) >= 11 is 0. The summed E-state index contributed by atoms with van der Waals surface area (Å²) in [5, 5.41) is 0. The minimum atomic E-state index is -3.19. The smallest absolute Gasteiger partial charge is 0.211 e. The maximum Gasteiger partial charge on any atom is 0.211 e. The van der Waals surface area contributed by atoms with Gasteiger partial charge in [0, 0.05) is 12.1 Å². The van der Waals surface area contributed by atoms with Gasteiger partial charge in [0.25, 0.3) is 0 Å². The largest absolute Gasteiger partial charge is 0.374 e. The van der Waals surface area contributed by atoms with E-state index < -0.39 is 15.6 Å². The van der Waals surface area contributed by atoms with Crippen molar-refractivity contribution in [3.05, 3.63) is 0 Å². The molecule has 0 N–H and O–H groups in total. The lowest BCUT2D eigenvalue weighted by Crippen LogP contribution is -2.47. The molecule has 0 radical (unpaired) electrons. The molecular weight excluding hydrogens is 262 g/mol. The highest BCUT2D eigenvalue weighted by Gasteiger charge is 2.29. The molecule has 0 unspecified atom stereocenters. The molecular formula is C14H37NO3S. The van der Waals surface area contributed by atoms with Crippen molar-refractivity contribution in [1.29, 1.82) is 0 Å². The van der Waals surface area contributed by atoms with Crippen LogP contribution in [-0.2, 0) is 14.8 Å². The van der Waals surface area contributed by atoms with E-state index in [1.807, 2.05) is 41.5 Å². The van der Waals surface area contributed by atoms with E-state index in [-0.39, 0.29) is 27.9 Å². The van der Waals surface area contributed by atoms with Gasteiger partial charge in [-0.25, -0.2) is 8.42 Å². The SMILES string of the molecule is C.C.C.CC(C)(C)OCCN(C(C)(C)C)S(C)(=O)=O. The maximum absolute atomic E-state index is 11.6. The Morgan fingerprint density at radius 1 is 0.947 bits per heavy atom. The number of hydrogen-bond acceptors (Lipinski definition) is 3. The first kappa shape index (κ1) is 27.3. The normalized spacial score (nSPS) is 12.2. The van der Waals surface area contributed by atoms with E-state index in [0.717, 1.165) is 0 Å². The minimum Gasteiger partial charge on any atom is -0.374 e. The van der Waals surface area contributed by atoms with E-state index in [0.29, 0.717) is 13.2 Å². The molecule has 5 heteroatoms. The number of hydrogen-bond donors (Lipinski definition) is 0. The number of sulfonamides is 1. The van der Waals surface area contributed by atoms with Crippen LogP contribution < -0.4 is 0 Å². The zero-order valence-corrected chi connectivity index (χ0v) is 12.3.